The van der Waals surface area contributed by atoms with Crippen LogP contribution in [0.4, 0.5) is 18.2 Å². The molecule has 0 aliphatic heterocycles. The lowest BCUT2D eigenvalue weighted by Crippen LogP contribution is -2.18. The zero-order valence-corrected chi connectivity index (χ0v) is 19.1. The minimum Gasteiger partial charge on any atom is -0.465 e. The molecule has 32 heavy (non-hydrogen) atoms. The van der Waals surface area contributed by atoms with Crippen LogP contribution in [0.3, 0.4) is 0 Å². The van der Waals surface area contributed by atoms with Gasteiger partial charge in [-0.1, -0.05) is 31.5 Å². The Hall–Kier alpha value is -3.14. The molecular weight excluding hydrogens is 443 g/mol. The average Bonchev–Trinajstić information content (AvgIpc) is 3.32. The first-order chi connectivity index (χ1) is 15.1. The van der Waals surface area contributed by atoms with Crippen molar-refractivity contribution in [2.24, 2.45) is 0 Å². The van der Waals surface area contributed by atoms with Crippen molar-refractivity contribution < 1.29 is 27.5 Å². The number of anilines is 1. The molecule has 3 rings (SSSR count). The third kappa shape index (κ3) is 5.76. The molecule has 0 saturated heterocycles. The minimum absolute atomic E-state index is 0.00393. The van der Waals surface area contributed by atoms with Crippen LogP contribution < -0.4 is 5.32 Å². The molecule has 10 heteroatoms. The van der Waals surface area contributed by atoms with Crippen molar-refractivity contribution in [3.63, 3.8) is 0 Å². The summed E-state index contributed by atoms with van der Waals surface area (Å²) in [7, 11) is 1.16. The number of hydrogen-bond donors (Lipinski definition) is 1. The largest absolute Gasteiger partial charge is 0.465 e. The highest BCUT2D eigenvalue weighted by molar-refractivity contribution is 7.15. The molecule has 0 atom stereocenters. The van der Waals surface area contributed by atoms with Gasteiger partial charge in [-0.2, -0.15) is 18.3 Å². The van der Waals surface area contributed by atoms with Gasteiger partial charge in [0.25, 0.3) is 5.91 Å². The molecule has 2 heterocycles. The Morgan fingerprint density at radius 1 is 1.16 bits per heavy atom. The lowest BCUT2D eigenvalue weighted by molar-refractivity contribution is -0.144. The number of nitrogens with zero attached hydrogens (tertiary/aromatic N) is 2. The van der Waals surface area contributed by atoms with Gasteiger partial charge in [-0.15, -0.1) is 11.3 Å². The normalized spacial score (nSPS) is 10.9. The fourth-order valence-corrected chi connectivity index (χ4v) is 3.80. The van der Waals surface area contributed by atoms with E-state index in [4.69, 9.17) is 4.74 Å². The molecule has 2 aromatic heterocycles. The average molecular weight is 468 g/mol. The monoisotopic (exact) mass is 467 g/mol. The summed E-state index contributed by atoms with van der Waals surface area (Å²) in [6, 6.07) is 7.76. The number of aryl methyl sites for hydroxylation is 2. The number of nitrogens with one attached hydrogen (secondary N) is 1. The second-order valence-corrected chi connectivity index (χ2v) is 7.48. The molecule has 6 nitrogen and oxygen atoms in total. The first kappa shape index (κ1) is 25.1. The number of methoxy groups -OCH3 is 1. The summed E-state index contributed by atoms with van der Waals surface area (Å²) in [5.41, 5.74) is 0.907. The molecule has 1 aromatic carbocycles. The van der Waals surface area contributed by atoms with Crippen LogP contribution in [0.5, 0.6) is 0 Å². The molecule has 0 radical (unpaired) electrons. The number of carbonyl (C=O) groups excluding carboxylic acids is 2. The van der Waals surface area contributed by atoms with E-state index >= 15 is 0 Å². The van der Waals surface area contributed by atoms with E-state index in [-0.39, 0.29) is 28.4 Å². The number of ether oxygens (including phenoxy) is 1. The maximum atomic E-state index is 13.3. The number of benzene rings is 1. The number of aromatic nitrogens is 2. The van der Waals surface area contributed by atoms with Crippen LogP contribution >= 0.6 is 11.3 Å². The van der Waals surface area contributed by atoms with Crippen molar-refractivity contribution in [3.05, 3.63) is 69.4 Å². The van der Waals surface area contributed by atoms with Gasteiger partial charge in [0.05, 0.1) is 24.9 Å². The Kier molecular flexibility index (Phi) is 8.20. The van der Waals surface area contributed by atoms with Crippen LogP contribution in [-0.2, 0) is 17.5 Å². The Morgan fingerprint density at radius 3 is 2.34 bits per heavy atom. The van der Waals surface area contributed by atoms with Gasteiger partial charge in [0, 0.05) is 11.1 Å². The molecular formula is C22H24F3N3O3S. The lowest BCUT2D eigenvalue weighted by atomic mass is 10.1. The third-order valence-corrected chi connectivity index (χ3v) is 5.25. The number of alkyl halides is 3. The molecule has 1 N–H and O–H groups in total. The quantitative estimate of drug-likeness (QED) is 0.489. The van der Waals surface area contributed by atoms with E-state index in [1.54, 1.807) is 24.3 Å². The van der Waals surface area contributed by atoms with Gasteiger partial charge in [-0.05, 0) is 37.4 Å². The fraction of sp³-hybridized carbons (Fsp3) is 0.318. The summed E-state index contributed by atoms with van der Waals surface area (Å²) in [4.78, 5) is 24.9. The SMILES string of the molecule is CC.COC(=O)c1c(Cn2nc(C)cc2C(F)(F)F)csc1NC(=O)c1ccc(C)cc1. The number of carbonyl (C=O) groups is 2. The van der Waals surface area contributed by atoms with Crippen LogP contribution in [0.25, 0.3) is 0 Å². The van der Waals surface area contributed by atoms with Crippen molar-refractivity contribution in [2.75, 3.05) is 12.4 Å². The summed E-state index contributed by atoms with van der Waals surface area (Å²) >= 11 is 1.03. The van der Waals surface area contributed by atoms with E-state index in [1.807, 2.05) is 20.8 Å². The predicted molar refractivity (Wildman–Crippen MR) is 117 cm³/mol. The van der Waals surface area contributed by atoms with E-state index in [2.05, 4.69) is 10.4 Å². The Bertz CT molecular complexity index is 1090. The van der Waals surface area contributed by atoms with Gasteiger partial charge >= 0.3 is 12.1 Å². The number of amides is 1. The number of rotatable bonds is 5. The summed E-state index contributed by atoms with van der Waals surface area (Å²) in [5.74, 6) is -1.21. The summed E-state index contributed by atoms with van der Waals surface area (Å²) in [5, 5.41) is 8.23. The van der Waals surface area contributed by atoms with Crippen molar-refractivity contribution >= 4 is 28.2 Å². The molecule has 0 aliphatic carbocycles. The summed E-state index contributed by atoms with van der Waals surface area (Å²) < 4.78 is 45.4. The Balaban J connectivity index is 0.00000176. The molecule has 3 aromatic rings. The van der Waals surface area contributed by atoms with Gasteiger partial charge in [0.15, 0.2) is 0 Å². The molecule has 172 valence electrons. The topological polar surface area (TPSA) is 73.2 Å². The predicted octanol–water partition coefficient (Wildman–Crippen LogP) is 5.69. The highest BCUT2D eigenvalue weighted by atomic mass is 32.1. The van der Waals surface area contributed by atoms with Crippen LogP contribution in [0.2, 0.25) is 0 Å². The van der Waals surface area contributed by atoms with Crippen molar-refractivity contribution in [2.45, 2.75) is 40.4 Å². The highest BCUT2D eigenvalue weighted by Crippen LogP contribution is 2.33. The lowest BCUT2D eigenvalue weighted by Gasteiger charge is -2.11. The Labute approximate surface area is 188 Å². The van der Waals surface area contributed by atoms with Crippen molar-refractivity contribution in [1.29, 1.82) is 0 Å². The van der Waals surface area contributed by atoms with Gasteiger partial charge in [-0.3, -0.25) is 9.48 Å². The molecule has 0 aliphatic rings. The van der Waals surface area contributed by atoms with Crippen molar-refractivity contribution in [1.82, 2.24) is 9.78 Å². The Morgan fingerprint density at radius 2 is 1.78 bits per heavy atom. The molecule has 0 fully saturated rings. The van der Waals surface area contributed by atoms with E-state index in [1.165, 1.54) is 12.3 Å². The molecule has 0 spiro atoms. The smallest absolute Gasteiger partial charge is 0.433 e. The van der Waals surface area contributed by atoms with Gasteiger partial charge < -0.3 is 10.1 Å². The minimum atomic E-state index is -4.59. The first-order valence-corrected chi connectivity index (χ1v) is 10.7. The van der Waals surface area contributed by atoms with E-state index in [0.717, 1.165) is 34.8 Å². The molecule has 0 unspecified atom stereocenters. The van der Waals surface area contributed by atoms with Gasteiger partial charge in [0.2, 0.25) is 0 Å². The maximum absolute atomic E-state index is 13.3. The standard InChI is InChI=1S/C20H18F3N3O3S.C2H6/c1-11-4-6-13(7-5-11)17(27)24-18-16(19(28)29-3)14(10-30-18)9-26-15(20(21,22)23)8-12(2)25-26;1-2/h4-8,10H,9H2,1-3H3,(H,24,27);1-2H3. The zero-order chi connectivity index (χ0) is 24.1. The van der Waals surface area contributed by atoms with Gasteiger partial charge in [-0.25, -0.2) is 4.79 Å². The molecule has 0 saturated carbocycles. The first-order valence-electron chi connectivity index (χ1n) is 9.78. The number of hydrogen-bond acceptors (Lipinski definition) is 5. The molecule has 0 bridgehead atoms. The maximum Gasteiger partial charge on any atom is 0.433 e. The van der Waals surface area contributed by atoms with Crippen LogP contribution in [0.15, 0.2) is 35.7 Å². The fourth-order valence-electron chi connectivity index (χ4n) is 2.86. The summed E-state index contributed by atoms with van der Waals surface area (Å²) in [6.45, 7) is 7.03. The second kappa shape index (κ2) is 10.4. The second-order valence-electron chi connectivity index (χ2n) is 6.60. The van der Waals surface area contributed by atoms with Crippen molar-refractivity contribution in [3.8, 4) is 0 Å². The van der Waals surface area contributed by atoms with Crippen LogP contribution in [0, 0.1) is 13.8 Å². The zero-order valence-electron chi connectivity index (χ0n) is 18.3. The third-order valence-electron chi connectivity index (χ3n) is 4.31. The van der Waals surface area contributed by atoms with E-state index < -0.39 is 23.7 Å². The van der Waals surface area contributed by atoms with Crippen LogP contribution in [0.1, 0.15) is 57.1 Å². The van der Waals surface area contributed by atoms with E-state index in [0.29, 0.717) is 5.56 Å². The number of thiophene rings is 1. The van der Waals surface area contributed by atoms with Gasteiger partial charge in [0.1, 0.15) is 10.7 Å². The molecule has 1 amide bonds. The number of esters is 1. The van der Waals surface area contributed by atoms with E-state index in [9.17, 15) is 22.8 Å². The number of halogens is 3. The van der Waals surface area contributed by atoms with Crippen LogP contribution in [-0.4, -0.2) is 28.8 Å². The summed E-state index contributed by atoms with van der Waals surface area (Å²) in [6.07, 6.45) is -4.59. The highest BCUT2D eigenvalue weighted by Gasteiger charge is 2.36.